The Morgan fingerprint density at radius 2 is 2.27 bits per heavy atom. The van der Waals surface area contributed by atoms with E-state index in [4.69, 9.17) is 5.73 Å². The van der Waals surface area contributed by atoms with Gasteiger partial charge in [0.1, 0.15) is 0 Å². The van der Waals surface area contributed by atoms with Crippen molar-refractivity contribution in [2.24, 2.45) is 11.1 Å². The minimum Gasteiger partial charge on any atom is -0.327 e. The molecule has 0 saturated heterocycles. The van der Waals surface area contributed by atoms with E-state index >= 15 is 0 Å². The summed E-state index contributed by atoms with van der Waals surface area (Å²) in [6.45, 7) is 4.40. The van der Waals surface area contributed by atoms with Crippen molar-refractivity contribution >= 4 is 11.3 Å². The Labute approximate surface area is 70.5 Å². The summed E-state index contributed by atoms with van der Waals surface area (Å²) < 4.78 is 0. The molecule has 0 radical (unpaired) electrons. The van der Waals surface area contributed by atoms with E-state index in [1.54, 1.807) is 11.3 Å². The molecule has 11 heavy (non-hydrogen) atoms. The van der Waals surface area contributed by atoms with E-state index in [1.807, 2.05) is 11.6 Å². The molecule has 0 unspecified atom stereocenters. The minimum absolute atomic E-state index is 0.276. The van der Waals surface area contributed by atoms with E-state index in [-0.39, 0.29) is 5.41 Å². The van der Waals surface area contributed by atoms with Gasteiger partial charge in [-0.2, -0.15) is 0 Å². The van der Waals surface area contributed by atoms with E-state index in [9.17, 15) is 0 Å². The first-order valence-electron chi connectivity index (χ1n) is 3.79. The zero-order chi connectivity index (χ0) is 8.06. The molecule has 1 aliphatic rings. The smallest absolute Gasteiger partial charge is 0.0977 e. The second-order valence-electron chi connectivity index (χ2n) is 3.70. The summed E-state index contributed by atoms with van der Waals surface area (Å²) in [5.74, 6) is 0.502. The van der Waals surface area contributed by atoms with Gasteiger partial charge in [-0.05, 0) is 5.41 Å². The highest BCUT2D eigenvalue weighted by Gasteiger charge is 2.57. The third-order valence-electron chi connectivity index (χ3n) is 2.63. The number of nitrogens with zero attached hydrogens (tertiary/aromatic N) is 1. The Hall–Kier alpha value is -0.410. The molecule has 2 rings (SSSR count). The highest BCUT2D eigenvalue weighted by Crippen LogP contribution is 2.57. The van der Waals surface area contributed by atoms with E-state index < -0.39 is 0 Å². The molecule has 0 aromatic carbocycles. The Morgan fingerprint density at radius 3 is 2.64 bits per heavy atom. The van der Waals surface area contributed by atoms with Crippen LogP contribution in [0.2, 0.25) is 0 Å². The van der Waals surface area contributed by atoms with Crippen LogP contribution < -0.4 is 5.73 Å². The van der Waals surface area contributed by atoms with Crippen molar-refractivity contribution < 1.29 is 0 Å². The summed E-state index contributed by atoms with van der Waals surface area (Å²) in [6.07, 6.45) is 1.85. The van der Waals surface area contributed by atoms with Gasteiger partial charge >= 0.3 is 0 Å². The van der Waals surface area contributed by atoms with Gasteiger partial charge in [0.15, 0.2) is 0 Å². The normalized spacial score (nSPS) is 33.7. The van der Waals surface area contributed by atoms with Crippen LogP contribution in [0.4, 0.5) is 0 Å². The lowest BCUT2D eigenvalue weighted by molar-refractivity contribution is 0.598. The van der Waals surface area contributed by atoms with Crippen molar-refractivity contribution in [1.29, 1.82) is 0 Å². The second-order valence-corrected chi connectivity index (χ2v) is 4.62. The number of aromatic nitrogens is 1. The van der Waals surface area contributed by atoms with Crippen molar-refractivity contribution in [2.75, 3.05) is 0 Å². The van der Waals surface area contributed by atoms with Gasteiger partial charge in [0.2, 0.25) is 0 Å². The predicted octanol–water partition coefficient (Wildman–Crippen LogP) is 1.59. The predicted molar refractivity (Wildman–Crippen MR) is 46.6 cm³/mol. The molecule has 1 aromatic rings. The maximum atomic E-state index is 5.90. The number of thiazole rings is 1. The SMILES string of the molecule is CC1(C)[C@@H](N)[C@@H]1c1nccs1. The van der Waals surface area contributed by atoms with E-state index in [1.165, 1.54) is 5.01 Å². The van der Waals surface area contributed by atoms with E-state index in [0.717, 1.165) is 0 Å². The van der Waals surface area contributed by atoms with Gasteiger partial charge in [0, 0.05) is 23.5 Å². The van der Waals surface area contributed by atoms with Crippen LogP contribution in [0.5, 0.6) is 0 Å². The fourth-order valence-electron chi connectivity index (χ4n) is 1.54. The first-order valence-corrected chi connectivity index (χ1v) is 4.67. The summed E-state index contributed by atoms with van der Waals surface area (Å²) in [4.78, 5) is 4.26. The van der Waals surface area contributed by atoms with Crippen LogP contribution in [-0.2, 0) is 0 Å². The zero-order valence-electron chi connectivity index (χ0n) is 6.74. The van der Waals surface area contributed by atoms with Crippen molar-refractivity contribution in [3.05, 3.63) is 16.6 Å². The number of rotatable bonds is 1. The molecule has 2 atom stereocenters. The largest absolute Gasteiger partial charge is 0.327 e. The van der Waals surface area contributed by atoms with E-state index in [0.29, 0.717) is 12.0 Å². The number of nitrogens with two attached hydrogens (primary N) is 1. The first-order chi connectivity index (χ1) is 5.14. The third-order valence-corrected chi connectivity index (χ3v) is 3.49. The topological polar surface area (TPSA) is 38.9 Å². The lowest BCUT2D eigenvalue weighted by Crippen LogP contribution is -2.06. The maximum absolute atomic E-state index is 5.90. The maximum Gasteiger partial charge on any atom is 0.0977 e. The minimum atomic E-state index is 0.276. The molecule has 1 saturated carbocycles. The molecular weight excluding hydrogens is 156 g/mol. The molecule has 3 heteroatoms. The molecule has 0 spiro atoms. The zero-order valence-corrected chi connectivity index (χ0v) is 7.56. The lowest BCUT2D eigenvalue weighted by atomic mass is 10.1. The van der Waals surface area contributed by atoms with Crippen molar-refractivity contribution in [3.8, 4) is 0 Å². The van der Waals surface area contributed by atoms with Crippen LogP contribution in [-0.4, -0.2) is 11.0 Å². The van der Waals surface area contributed by atoms with Gasteiger partial charge in [-0.15, -0.1) is 11.3 Å². The Balaban J connectivity index is 2.23. The summed E-state index contributed by atoms with van der Waals surface area (Å²) in [7, 11) is 0. The monoisotopic (exact) mass is 168 g/mol. The van der Waals surface area contributed by atoms with Crippen LogP contribution in [0.15, 0.2) is 11.6 Å². The molecule has 1 aliphatic carbocycles. The fraction of sp³-hybridized carbons (Fsp3) is 0.625. The van der Waals surface area contributed by atoms with E-state index in [2.05, 4.69) is 18.8 Å². The van der Waals surface area contributed by atoms with Gasteiger partial charge in [0.05, 0.1) is 5.01 Å². The first kappa shape index (κ1) is 7.25. The summed E-state index contributed by atoms with van der Waals surface area (Å²) in [5, 5.41) is 3.21. The summed E-state index contributed by atoms with van der Waals surface area (Å²) in [6, 6.07) is 0.314. The summed E-state index contributed by atoms with van der Waals surface area (Å²) >= 11 is 1.71. The van der Waals surface area contributed by atoms with Crippen LogP contribution in [0.25, 0.3) is 0 Å². The van der Waals surface area contributed by atoms with Gasteiger partial charge in [0.25, 0.3) is 0 Å². The average Bonchev–Trinajstić information content (AvgIpc) is 2.40. The Bertz CT molecular complexity index is 253. The van der Waals surface area contributed by atoms with Crippen molar-refractivity contribution in [3.63, 3.8) is 0 Å². The van der Waals surface area contributed by atoms with Gasteiger partial charge < -0.3 is 5.73 Å². The van der Waals surface area contributed by atoms with Gasteiger partial charge in [-0.25, -0.2) is 4.98 Å². The molecular formula is C8H12N2S. The van der Waals surface area contributed by atoms with Crippen LogP contribution in [0.3, 0.4) is 0 Å². The number of hydrogen-bond donors (Lipinski definition) is 1. The Morgan fingerprint density at radius 1 is 1.64 bits per heavy atom. The van der Waals surface area contributed by atoms with Gasteiger partial charge in [-0.3, -0.25) is 0 Å². The molecule has 60 valence electrons. The lowest BCUT2D eigenvalue weighted by Gasteiger charge is -1.96. The van der Waals surface area contributed by atoms with Crippen LogP contribution in [0.1, 0.15) is 24.8 Å². The molecule has 0 aliphatic heterocycles. The number of hydrogen-bond acceptors (Lipinski definition) is 3. The fourth-order valence-corrected chi connectivity index (χ4v) is 2.52. The van der Waals surface area contributed by atoms with Crippen LogP contribution in [0, 0.1) is 5.41 Å². The third kappa shape index (κ3) is 0.914. The second kappa shape index (κ2) is 2.05. The molecule has 2 nitrogen and oxygen atoms in total. The highest BCUT2D eigenvalue weighted by atomic mass is 32.1. The molecule has 2 N–H and O–H groups in total. The van der Waals surface area contributed by atoms with Crippen molar-refractivity contribution in [2.45, 2.75) is 25.8 Å². The molecule has 1 heterocycles. The standard InChI is InChI=1S/C8H12N2S/c1-8(2)5(6(8)9)7-10-3-4-11-7/h3-6H,9H2,1-2H3/t5-,6+/m1/s1. The Kier molecular flexibility index (Phi) is 1.35. The quantitative estimate of drug-likeness (QED) is 0.691. The molecule has 1 fully saturated rings. The molecule has 0 amide bonds. The summed E-state index contributed by atoms with van der Waals surface area (Å²) in [5.41, 5.74) is 6.18. The van der Waals surface area contributed by atoms with Crippen molar-refractivity contribution in [1.82, 2.24) is 4.98 Å². The van der Waals surface area contributed by atoms with Gasteiger partial charge in [-0.1, -0.05) is 13.8 Å². The highest BCUT2D eigenvalue weighted by molar-refractivity contribution is 7.09. The van der Waals surface area contributed by atoms with Crippen LogP contribution >= 0.6 is 11.3 Å². The average molecular weight is 168 g/mol. The molecule has 1 aromatic heterocycles. The molecule has 0 bridgehead atoms.